The van der Waals surface area contributed by atoms with Crippen molar-refractivity contribution in [1.82, 2.24) is 9.55 Å². The van der Waals surface area contributed by atoms with E-state index in [9.17, 15) is 4.79 Å². The van der Waals surface area contributed by atoms with Gasteiger partial charge in [-0.25, -0.2) is 4.98 Å². The Hall–Kier alpha value is -1.63. The minimum atomic E-state index is 0.0180. The van der Waals surface area contributed by atoms with Crippen LogP contribution >= 0.6 is 23.1 Å². The number of ether oxygens (including phenoxy) is 1. The number of benzene rings is 1. The number of hydrogen-bond donors (Lipinski definition) is 0. The van der Waals surface area contributed by atoms with Crippen LogP contribution in [0.3, 0.4) is 0 Å². The maximum absolute atomic E-state index is 13.4. The summed E-state index contributed by atoms with van der Waals surface area (Å²) in [6.45, 7) is 11.5. The smallest absolute Gasteiger partial charge is 0.267 e. The quantitative estimate of drug-likeness (QED) is 0.345. The second-order valence-corrected chi connectivity index (χ2v) is 8.53. The van der Waals surface area contributed by atoms with Crippen molar-refractivity contribution in [3.05, 3.63) is 50.1 Å². The van der Waals surface area contributed by atoms with E-state index in [4.69, 9.17) is 9.72 Å². The monoisotopic (exact) mass is 388 g/mol. The van der Waals surface area contributed by atoms with Gasteiger partial charge in [-0.05, 0) is 57.4 Å². The molecule has 3 aromatic rings. The predicted octanol–water partition coefficient (Wildman–Crippen LogP) is 4.81. The first kappa shape index (κ1) is 19.1. The molecule has 3 rings (SSSR count). The summed E-state index contributed by atoms with van der Waals surface area (Å²) in [4.78, 5) is 20.2. The van der Waals surface area contributed by atoms with Crippen LogP contribution in [0.5, 0.6) is 0 Å². The largest absolute Gasteiger partial charge is 0.381 e. The van der Waals surface area contributed by atoms with Gasteiger partial charge in [0.25, 0.3) is 5.56 Å². The molecule has 0 aliphatic carbocycles. The van der Waals surface area contributed by atoms with E-state index in [1.165, 1.54) is 0 Å². The van der Waals surface area contributed by atoms with E-state index in [0.29, 0.717) is 13.2 Å². The molecule has 0 atom stereocenters. The lowest BCUT2D eigenvalue weighted by Gasteiger charge is -2.15. The summed E-state index contributed by atoms with van der Waals surface area (Å²) in [6.07, 6.45) is 0. The van der Waals surface area contributed by atoms with Gasteiger partial charge in [0.15, 0.2) is 5.16 Å². The van der Waals surface area contributed by atoms with Crippen molar-refractivity contribution in [2.75, 3.05) is 19.0 Å². The molecule has 4 nitrogen and oxygen atoms in total. The first-order chi connectivity index (χ1) is 12.5. The van der Waals surface area contributed by atoms with Gasteiger partial charge in [0.05, 0.1) is 17.7 Å². The zero-order chi connectivity index (χ0) is 18.8. The van der Waals surface area contributed by atoms with Crippen molar-refractivity contribution in [2.45, 2.75) is 39.8 Å². The molecule has 0 spiro atoms. The summed E-state index contributed by atoms with van der Waals surface area (Å²) in [5, 5.41) is 1.47. The highest BCUT2D eigenvalue weighted by Crippen LogP contribution is 2.30. The number of aryl methyl sites for hydroxylation is 3. The van der Waals surface area contributed by atoms with Gasteiger partial charge in [0.2, 0.25) is 0 Å². The lowest BCUT2D eigenvalue weighted by atomic mass is 10.1. The highest BCUT2D eigenvalue weighted by atomic mass is 32.2. The van der Waals surface area contributed by atoms with Crippen LogP contribution in [0.2, 0.25) is 0 Å². The molecular weight excluding hydrogens is 364 g/mol. The van der Waals surface area contributed by atoms with Crippen LogP contribution in [0, 0.1) is 27.7 Å². The molecule has 6 heteroatoms. The number of nitrogens with zero attached hydrogens (tertiary/aromatic N) is 2. The first-order valence-corrected chi connectivity index (χ1v) is 10.6. The van der Waals surface area contributed by atoms with E-state index >= 15 is 0 Å². The van der Waals surface area contributed by atoms with Crippen molar-refractivity contribution < 1.29 is 4.74 Å². The van der Waals surface area contributed by atoms with Crippen molar-refractivity contribution in [3.8, 4) is 5.69 Å². The molecule has 2 aromatic heterocycles. The normalized spacial score (nSPS) is 11.4. The molecule has 0 N–H and O–H groups in total. The van der Waals surface area contributed by atoms with E-state index in [1.807, 2.05) is 32.9 Å². The van der Waals surface area contributed by atoms with E-state index < -0.39 is 0 Å². The minimum absolute atomic E-state index is 0.0180. The van der Waals surface area contributed by atoms with Crippen LogP contribution in [0.15, 0.2) is 28.2 Å². The molecule has 1 aromatic carbocycles. The van der Waals surface area contributed by atoms with E-state index in [0.717, 1.165) is 48.4 Å². The third-order valence-electron chi connectivity index (χ3n) is 4.65. The Morgan fingerprint density at radius 1 is 1.19 bits per heavy atom. The second-order valence-electron chi connectivity index (χ2n) is 6.26. The minimum Gasteiger partial charge on any atom is -0.381 e. The molecule has 0 saturated carbocycles. The average molecular weight is 389 g/mol. The summed E-state index contributed by atoms with van der Waals surface area (Å²) in [6, 6.07) is 6.06. The number of hydrogen-bond acceptors (Lipinski definition) is 5. The van der Waals surface area contributed by atoms with Gasteiger partial charge in [0, 0.05) is 17.2 Å². The van der Waals surface area contributed by atoms with Gasteiger partial charge < -0.3 is 4.74 Å². The molecule has 0 fully saturated rings. The lowest BCUT2D eigenvalue weighted by Crippen LogP contribution is -2.23. The van der Waals surface area contributed by atoms with Crippen LogP contribution in [0.4, 0.5) is 0 Å². The number of fused-ring (bicyclic) bond motifs is 1. The fraction of sp³-hybridized carbons (Fsp3) is 0.400. The number of thioether (sulfide) groups is 1. The Morgan fingerprint density at radius 2 is 1.96 bits per heavy atom. The Balaban J connectivity index is 2.23. The Kier molecular flexibility index (Phi) is 5.85. The fourth-order valence-electron chi connectivity index (χ4n) is 2.90. The van der Waals surface area contributed by atoms with Crippen LogP contribution in [-0.4, -0.2) is 28.5 Å². The van der Waals surface area contributed by atoms with Crippen molar-refractivity contribution in [3.63, 3.8) is 0 Å². The lowest BCUT2D eigenvalue weighted by molar-refractivity contribution is 0.164. The third kappa shape index (κ3) is 3.46. The first-order valence-electron chi connectivity index (χ1n) is 8.75. The maximum atomic E-state index is 13.4. The van der Waals surface area contributed by atoms with E-state index in [2.05, 4.69) is 19.9 Å². The summed E-state index contributed by atoms with van der Waals surface area (Å²) in [5.74, 6) is 0.764. The van der Waals surface area contributed by atoms with Crippen molar-refractivity contribution >= 4 is 33.3 Å². The molecule has 0 unspecified atom stereocenters. The molecule has 26 heavy (non-hydrogen) atoms. The molecular formula is C20H24N2O2S2. The van der Waals surface area contributed by atoms with Gasteiger partial charge in [0.1, 0.15) is 4.83 Å². The van der Waals surface area contributed by atoms with Gasteiger partial charge in [-0.1, -0.05) is 23.9 Å². The van der Waals surface area contributed by atoms with Crippen LogP contribution in [0.1, 0.15) is 28.5 Å². The highest BCUT2D eigenvalue weighted by Gasteiger charge is 2.19. The Labute approximate surface area is 162 Å². The molecule has 0 radical (unpaired) electrons. The van der Waals surface area contributed by atoms with Crippen molar-refractivity contribution in [2.24, 2.45) is 0 Å². The summed E-state index contributed by atoms with van der Waals surface area (Å²) in [5.41, 5.74) is 4.23. The molecule has 0 bridgehead atoms. The highest BCUT2D eigenvalue weighted by molar-refractivity contribution is 7.99. The molecule has 0 amide bonds. The van der Waals surface area contributed by atoms with E-state index in [1.54, 1.807) is 27.7 Å². The number of rotatable bonds is 6. The Morgan fingerprint density at radius 3 is 2.69 bits per heavy atom. The standard InChI is InChI=1S/C20H24N2O2S2/c1-6-24-10-11-25-20-21-18-17(14(4)15(5)26-18)19(23)22(20)16-9-7-8-12(2)13(16)3/h7-9H,6,10-11H2,1-5H3. The molecule has 0 saturated heterocycles. The van der Waals surface area contributed by atoms with Gasteiger partial charge in [-0.2, -0.15) is 0 Å². The second kappa shape index (κ2) is 7.94. The van der Waals surface area contributed by atoms with Gasteiger partial charge in [-0.3, -0.25) is 9.36 Å². The van der Waals surface area contributed by atoms with Crippen molar-refractivity contribution in [1.29, 1.82) is 0 Å². The van der Waals surface area contributed by atoms with Gasteiger partial charge >= 0.3 is 0 Å². The third-order valence-corrected chi connectivity index (χ3v) is 6.66. The zero-order valence-electron chi connectivity index (χ0n) is 15.9. The molecule has 0 aliphatic rings. The number of aromatic nitrogens is 2. The maximum Gasteiger partial charge on any atom is 0.267 e. The summed E-state index contributed by atoms with van der Waals surface area (Å²) in [7, 11) is 0. The predicted molar refractivity (Wildman–Crippen MR) is 111 cm³/mol. The van der Waals surface area contributed by atoms with Crippen LogP contribution in [-0.2, 0) is 4.74 Å². The molecule has 138 valence electrons. The molecule has 2 heterocycles. The average Bonchev–Trinajstić information content (AvgIpc) is 2.89. The summed E-state index contributed by atoms with van der Waals surface area (Å²) >= 11 is 3.17. The number of thiophene rings is 1. The topological polar surface area (TPSA) is 44.1 Å². The fourth-order valence-corrected chi connectivity index (χ4v) is 4.83. The SMILES string of the molecule is CCOCCSc1nc2sc(C)c(C)c2c(=O)n1-c1cccc(C)c1C. The summed E-state index contributed by atoms with van der Waals surface area (Å²) < 4.78 is 7.23. The van der Waals surface area contributed by atoms with Crippen LogP contribution < -0.4 is 5.56 Å². The zero-order valence-corrected chi connectivity index (χ0v) is 17.5. The molecule has 0 aliphatic heterocycles. The Bertz CT molecular complexity index is 1010. The van der Waals surface area contributed by atoms with E-state index in [-0.39, 0.29) is 5.56 Å². The van der Waals surface area contributed by atoms with Gasteiger partial charge in [-0.15, -0.1) is 11.3 Å². The van der Waals surface area contributed by atoms with Crippen LogP contribution in [0.25, 0.3) is 15.9 Å².